The normalized spacial score (nSPS) is 10.9. The standard InChI is InChI=1S/C22H16BrN5O/c23-19-10-8-16(9-11-19)22(29)26-25-14-18-15-28(20-6-2-1-3-7-20)27-21(18)17-5-4-12-24-13-17/h1-15H,(H,26,29)/b25-14+. The number of benzene rings is 2. The Hall–Kier alpha value is -3.58. The molecule has 1 amide bonds. The van der Waals surface area contributed by atoms with Crippen molar-refractivity contribution < 1.29 is 4.79 Å². The van der Waals surface area contributed by atoms with Gasteiger partial charge in [0.05, 0.1) is 11.9 Å². The second kappa shape index (κ2) is 8.62. The third-order valence-electron chi connectivity index (χ3n) is 4.17. The summed E-state index contributed by atoms with van der Waals surface area (Å²) in [6, 6.07) is 20.6. The molecule has 0 saturated carbocycles. The first-order valence-electron chi connectivity index (χ1n) is 8.85. The molecule has 0 radical (unpaired) electrons. The van der Waals surface area contributed by atoms with Crippen molar-refractivity contribution in [3.05, 3.63) is 101 Å². The minimum Gasteiger partial charge on any atom is -0.267 e. The van der Waals surface area contributed by atoms with Gasteiger partial charge in [0.1, 0.15) is 5.69 Å². The highest BCUT2D eigenvalue weighted by atomic mass is 79.9. The molecule has 7 heteroatoms. The fourth-order valence-electron chi connectivity index (χ4n) is 2.75. The van der Waals surface area contributed by atoms with Crippen molar-refractivity contribution in [1.29, 1.82) is 0 Å². The number of pyridine rings is 1. The average molecular weight is 446 g/mol. The molecule has 0 spiro atoms. The summed E-state index contributed by atoms with van der Waals surface area (Å²) in [5.41, 5.74) is 6.36. The summed E-state index contributed by atoms with van der Waals surface area (Å²) in [5, 5.41) is 8.81. The molecule has 0 aliphatic rings. The van der Waals surface area contributed by atoms with Crippen LogP contribution in [-0.2, 0) is 0 Å². The van der Waals surface area contributed by atoms with Crippen LogP contribution in [0.1, 0.15) is 15.9 Å². The average Bonchev–Trinajstić information content (AvgIpc) is 3.19. The van der Waals surface area contributed by atoms with Gasteiger partial charge in [-0.25, -0.2) is 10.1 Å². The van der Waals surface area contributed by atoms with E-state index in [0.29, 0.717) is 5.56 Å². The van der Waals surface area contributed by atoms with E-state index in [1.165, 1.54) is 0 Å². The summed E-state index contributed by atoms with van der Waals surface area (Å²) in [4.78, 5) is 16.4. The number of hydrogen-bond acceptors (Lipinski definition) is 4. The predicted octanol–water partition coefficient (Wildman–Crippen LogP) is 4.46. The van der Waals surface area contributed by atoms with E-state index in [9.17, 15) is 4.79 Å². The molecule has 0 aliphatic heterocycles. The van der Waals surface area contributed by atoms with Gasteiger partial charge in [0.25, 0.3) is 5.91 Å². The number of nitrogens with one attached hydrogen (secondary N) is 1. The van der Waals surface area contributed by atoms with Gasteiger partial charge in [-0.05, 0) is 48.5 Å². The van der Waals surface area contributed by atoms with Crippen LogP contribution >= 0.6 is 15.9 Å². The van der Waals surface area contributed by atoms with Crippen LogP contribution < -0.4 is 5.43 Å². The summed E-state index contributed by atoms with van der Waals surface area (Å²) in [5.74, 6) is -0.285. The van der Waals surface area contributed by atoms with Crippen LogP contribution in [0.3, 0.4) is 0 Å². The van der Waals surface area contributed by atoms with E-state index >= 15 is 0 Å². The van der Waals surface area contributed by atoms with Gasteiger partial charge in [-0.1, -0.05) is 34.1 Å². The molecule has 0 aliphatic carbocycles. The molecule has 142 valence electrons. The van der Waals surface area contributed by atoms with Gasteiger partial charge < -0.3 is 0 Å². The van der Waals surface area contributed by atoms with Crippen LogP contribution in [0.5, 0.6) is 0 Å². The lowest BCUT2D eigenvalue weighted by atomic mass is 10.1. The van der Waals surface area contributed by atoms with E-state index in [2.05, 4.69) is 36.5 Å². The number of nitrogens with zero attached hydrogens (tertiary/aromatic N) is 4. The molecule has 2 heterocycles. The predicted molar refractivity (Wildman–Crippen MR) is 116 cm³/mol. The summed E-state index contributed by atoms with van der Waals surface area (Å²) < 4.78 is 2.69. The fraction of sp³-hybridized carbons (Fsp3) is 0. The first-order valence-corrected chi connectivity index (χ1v) is 9.64. The topological polar surface area (TPSA) is 72.2 Å². The Morgan fingerprint density at radius 1 is 1.03 bits per heavy atom. The van der Waals surface area contributed by atoms with Crippen LogP contribution in [0.2, 0.25) is 0 Å². The van der Waals surface area contributed by atoms with E-state index in [-0.39, 0.29) is 5.91 Å². The molecule has 6 nitrogen and oxygen atoms in total. The van der Waals surface area contributed by atoms with Crippen LogP contribution in [0.25, 0.3) is 16.9 Å². The van der Waals surface area contributed by atoms with Gasteiger partial charge in [0.15, 0.2) is 0 Å². The zero-order chi connectivity index (χ0) is 20.1. The Bertz CT molecular complexity index is 1140. The maximum atomic E-state index is 12.3. The number of carbonyl (C=O) groups excluding carboxylic acids is 1. The summed E-state index contributed by atoms with van der Waals surface area (Å²) in [6.07, 6.45) is 6.91. The van der Waals surface area contributed by atoms with E-state index in [1.54, 1.807) is 35.4 Å². The number of aromatic nitrogens is 3. The highest BCUT2D eigenvalue weighted by Crippen LogP contribution is 2.21. The van der Waals surface area contributed by atoms with Crippen LogP contribution in [-0.4, -0.2) is 26.9 Å². The Kier molecular flexibility index (Phi) is 5.58. The first kappa shape index (κ1) is 18.8. The molecule has 1 N–H and O–H groups in total. The molecule has 4 aromatic rings. The quantitative estimate of drug-likeness (QED) is 0.364. The number of hydrogen-bond donors (Lipinski definition) is 1. The molecule has 2 aromatic heterocycles. The number of carbonyl (C=O) groups is 1. The van der Waals surface area contributed by atoms with Gasteiger partial charge in [-0.3, -0.25) is 9.78 Å². The molecule has 0 unspecified atom stereocenters. The number of para-hydroxylation sites is 1. The van der Waals surface area contributed by atoms with Crippen LogP contribution in [0, 0.1) is 0 Å². The van der Waals surface area contributed by atoms with Crippen molar-refractivity contribution in [2.45, 2.75) is 0 Å². The third-order valence-corrected chi connectivity index (χ3v) is 4.70. The van der Waals surface area contributed by atoms with E-state index in [1.807, 2.05) is 60.8 Å². The maximum Gasteiger partial charge on any atom is 0.271 e. The second-order valence-electron chi connectivity index (χ2n) is 6.16. The fourth-order valence-corrected chi connectivity index (χ4v) is 3.01. The molecule has 0 atom stereocenters. The SMILES string of the molecule is O=C(N/N=C/c1cn(-c2ccccc2)nc1-c1cccnc1)c1ccc(Br)cc1. The number of amides is 1. The third kappa shape index (κ3) is 4.47. The van der Waals surface area contributed by atoms with Crippen molar-refractivity contribution in [2.24, 2.45) is 5.10 Å². The van der Waals surface area contributed by atoms with Crippen molar-refractivity contribution in [3.63, 3.8) is 0 Å². The zero-order valence-corrected chi connectivity index (χ0v) is 16.8. The van der Waals surface area contributed by atoms with Gasteiger partial charge in [-0.2, -0.15) is 10.2 Å². The smallest absolute Gasteiger partial charge is 0.267 e. The molecular formula is C22H16BrN5O. The Morgan fingerprint density at radius 3 is 2.55 bits per heavy atom. The van der Waals surface area contributed by atoms with Crippen molar-refractivity contribution in [3.8, 4) is 16.9 Å². The first-order chi connectivity index (χ1) is 14.2. The Labute approximate surface area is 176 Å². The molecule has 0 saturated heterocycles. The summed E-state index contributed by atoms with van der Waals surface area (Å²) in [7, 11) is 0. The number of rotatable bonds is 5. The molecule has 4 rings (SSSR count). The lowest BCUT2D eigenvalue weighted by Crippen LogP contribution is -2.17. The lowest BCUT2D eigenvalue weighted by molar-refractivity contribution is 0.0955. The van der Waals surface area contributed by atoms with Crippen molar-refractivity contribution >= 4 is 28.1 Å². The second-order valence-corrected chi connectivity index (χ2v) is 7.08. The number of halogens is 1. The maximum absolute atomic E-state index is 12.3. The molecule has 29 heavy (non-hydrogen) atoms. The minimum atomic E-state index is -0.285. The summed E-state index contributed by atoms with van der Waals surface area (Å²) >= 11 is 3.35. The Balaban J connectivity index is 1.61. The van der Waals surface area contributed by atoms with Gasteiger partial charge >= 0.3 is 0 Å². The molecule has 0 fully saturated rings. The van der Waals surface area contributed by atoms with E-state index in [0.717, 1.165) is 27.0 Å². The summed E-state index contributed by atoms with van der Waals surface area (Å²) in [6.45, 7) is 0. The minimum absolute atomic E-state index is 0.285. The molecular weight excluding hydrogens is 430 g/mol. The van der Waals surface area contributed by atoms with Gasteiger partial charge in [-0.15, -0.1) is 0 Å². The van der Waals surface area contributed by atoms with E-state index in [4.69, 9.17) is 0 Å². The Morgan fingerprint density at radius 2 is 1.83 bits per heavy atom. The monoisotopic (exact) mass is 445 g/mol. The van der Waals surface area contributed by atoms with Crippen LogP contribution in [0.4, 0.5) is 0 Å². The number of hydrazone groups is 1. The molecule has 2 aromatic carbocycles. The van der Waals surface area contributed by atoms with Gasteiger partial charge in [0.2, 0.25) is 0 Å². The highest BCUT2D eigenvalue weighted by Gasteiger charge is 2.11. The largest absolute Gasteiger partial charge is 0.271 e. The van der Waals surface area contributed by atoms with Gasteiger partial charge in [0, 0.05) is 39.8 Å². The highest BCUT2D eigenvalue weighted by molar-refractivity contribution is 9.10. The lowest BCUT2D eigenvalue weighted by Gasteiger charge is -2.00. The van der Waals surface area contributed by atoms with Crippen molar-refractivity contribution in [2.75, 3.05) is 0 Å². The van der Waals surface area contributed by atoms with Crippen molar-refractivity contribution in [1.82, 2.24) is 20.2 Å². The van der Waals surface area contributed by atoms with E-state index < -0.39 is 0 Å². The molecule has 0 bridgehead atoms. The zero-order valence-electron chi connectivity index (χ0n) is 15.2. The van der Waals surface area contributed by atoms with Crippen LogP contribution in [0.15, 0.2) is 94.9 Å².